The first-order valence-electron chi connectivity index (χ1n) is 10.3. The maximum absolute atomic E-state index is 6.30. The van der Waals surface area contributed by atoms with Gasteiger partial charge in [-0.3, -0.25) is 0 Å². The molecule has 32 heavy (non-hydrogen) atoms. The number of methoxy groups -OCH3 is 1. The molecule has 0 aliphatic carbocycles. The van der Waals surface area contributed by atoms with Gasteiger partial charge < -0.3 is 19.5 Å². The monoisotopic (exact) mass is 495 g/mol. The summed E-state index contributed by atoms with van der Waals surface area (Å²) in [5, 5.41) is 4.68. The Balaban J connectivity index is 0.00000363. The largest absolute Gasteiger partial charge is 0.496 e. The SMILES string of the molecule is CCOc1cccc(CNCCc2ccccc2OC)c1OCc1ccc(Cl)cc1Cl.Cl. The van der Waals surface area contributed by atoms with Gasteiger partial charge in [-0.1, -0.05) is 59.6 Å². The first kappa shape index (κ1) is 26.1. The third kappa shape index (κ3) is 7.21. The van der Waals surface area contributed by atoms with Crippen LogP contribution in [0.25, 0.3) is 0 Å². The normalized spacial score (nSPS) is 10.4. The molecule has 3 aromatic rings. The molecule has 7 heteroatoms. The highest BCUT2D eigenvalue weighted by Gasteiger charge is 2.13. The summed E-state index contributed by atoms with van der Waals surface area (Å²) in [4.78, 5) is 0. The third-order valence-electron chi connectivity index (χ3n) is 4.83. The van der Waals surface area contributed by atoms with E-state index in [1.54, 1.807) is 19.2 Å². The molecule has 0 unspecified atom stereocenters. The minimum absolute atomic E-state index is 0. The molecular weight excluding hydrogens is 469 g/mol. The fourth-order valence-corrected chi connectivity index (χ4v) is 3.74. The molecule has 0 saturated carbocycles. The van der Waals surface area contributed by atoms with E-state index in [2.05, 4.69) is 11.4 Å². The number of hydrogen-bond acceptors (Lipinski definition) is 4. The zero-order chi connectivity index (χ0) is 22.1. The van der Waals surface area contributed by atoms with Crippen molar-refractivity contribution in [3.8, 4) is 17.2 Å². The first-order chi connectivity index (χ1) is 15.1. The predicted molar refractivity (Wildman–Crippen MR) is 134 cm³/mol. The van der Waals surface area contributed by atoms with E-state index in [1.807, 2.05) is 49.4 Å². The lowest BCUT2D eigenvalue weighted by molar-refractivity contribution is 0.266. The lowest BCUT2D eigenvalue weighted by Crippen LogP contribution is -2.18. The number of ether oxygens (including phenoxy) is 3. The van der Waals surface area contributed by atoms with Gasteiger partial charge in [0.25, 0.3) is 0 Å². The van der Waals surface area contributed by atoms with Crippen LogP contribution >= 0.6 is 35.6 Å². The molecule has 0 radical (unpaired) electrons. The molecule has 0 aliphatic rings. The zero-order valence-corrected chi connectivity index (χ0v) is 20.5. The number of hydrogen-bond donors (Lipinski definition) is 1. The van der Waals surface area contributed by atoms with Crippen LogP contribution < -0.4 is 19.5 Å². The molecule has 0 spiro atoms. The van der Waals surface area contributed by atoms with Crippen molar-refractivity contribution in [2.45, 2.75) is 26.5 Å². The molecule has 3 aromatic carbocycles. The average Bonchev–Trinajstić information content (AvgIpc) is 2.77. The molecule has 4 nitrogen and oxygen atoms in total. The lowest BCUT2D eigenvalue weighted by Gasteiger charge is -2.17. The molecule has 0 fully saturated rings. The molecule has 0 bridgehead atoms. The van der Waals surface area contributed by atoms with Gasteiger partial charge in [-0.25, -0.2) is 0 Å². The Morgan fingerprint density at radius 3 is 2.34 bits per heavy atom. The van der Waals surface area contributed by atoms with Gasteiger partial charge in [0.15, 0.2) is 11.5 Å². The Morgan fingerprint density at radius 2 is 1.59 bits per heavy atom. The summed E-state index contributed by atoms with van der Waals surface area (Å²) in [5.74, 6) is 2.35. The van der Waals surface area contributed by atoms with Crippen LogP contribution in [0, 0.1) is 0 Å². The number of nitrogens with one attached hydrogen (secondary N) is 1. The fraction of sp³-hybridized carbons (Fsp3) is 0.280. The Labute approximate surface area is 206 Å². The summed E-state index contributed by atoms with van der Waals surface area (Å²) in [7, 11) is 1.70. The standard InChI is InChI=1S/C25H27Cl2NO3.ClH/c1-3-30-24-10-6-8-19(16-28-14-13-18-7-4-5-9-23(18)29-2)25(24)31-17-20-11-12-21(26)15-22(20)27;/h4-12,15,28H,3,13-14,16-17H2,1-2H3;1H. The van der Waals surface area contributed by atoms with Crippen molar-refractivity contribution in [2.75, 3.05) is 20.3 Å². The van der Waals surface area contributed by atoms with E-state index in [0.717, 1.165) is 41.3 Å². The predicted octanol–water partition coefficient (Wildman–Crippen LogP) is 6.73. The van der Waals surface area contributed by atoms with Gasteiger partial charge in [0, 0.05) is 27.7 Å². The minimum atomic E-state index is 0. The smallest absolute Gasteiger partial charge is 0.166 e. The molecule has 0 saturated heterocycles. The van der Waals surface area contributed by atoms with Gasteiger partial charge in [-0.15, -0.1) is 12.4 Å². The average molecular weight is 497 g/mol. The highest BCUT2D eigenvalue weighted by atomic mass is 35.5. The van der Waals surface area contributed by atoms with Crippen LogP contribution in [0.3, 0.4) is 0 Å². The second-order valence-corrected chi connectivity index (χ2v) is 7.78. The maximum Gasteiger partial charge on any atom is 0.166 e. The summed E-state index contributed by atoms with van der Waals surface area (Å²) >= 11 is 12.3. The topological polar surface area (TPSA) is 39.7 Å². The van der Waals surface area contributed by atoms with Gasteiger partial charge in [0.05, 0.1) is 13.7 Å². The summed E-state index contributed by atoms with van der Waals surface area (Å²) in [6.07, 6.45) is 0.867. The van der Waals surface area contributed by atoms with Crippen LogP contribution in [0.2, 0.25) is 10.0 Å². The molecule has 0 heterocycles. The summed E-state index contributed by atoms with van der Waals surface area (Å²) in [5.41, 5.74) is 3.07. The summed E-state index contributed by atoms with van der Waals surface area (Å²) in [6, 6.07) is 19.4. The first-order valence-corrected chi connectivity index (χ1v) is 11.0. The van der Waals surface area contributed by atoms with Crippen LogP contribution in [0.4, 0.5) is 0 Å². The van der Waals surface area contributed by atoms with E-state index in [4.69, 9.17) is 37.4 Å². The van der Waals surface area contributed by atoms with E-state index >= 15 is 0 Å². The number of halogens is 3. The van der Waals surface area contributed by atoms with Crippen molar-refractivity contribution >= 4 is 35.6 Å². The number of rotatable bonds is 11. The summed E-state index contributed by atoms with van der Waals surface area (Å²) in [6.45, 7) is 4.30. The molecule has 0 amide bonds. The molecule has 0 aliphatic heterocycles. The van der Waals surface area contributed by atoms with Crippen molar-refractivity contribution in [1.29, 1.82) is 0 Å². The van der Waals surface area contributed by atoms with Gasteiger partial charge >= 0.3 is 0 Å². The van der Waals surface area contributed by atoms with Gasteiger partial charge in [0.2, 0.25) is 0 Å². The maximum atomic E-state index is 6.30. The molecular formula is C25H28Cl3NO3. The second-order valence-electron chi connectivity index (χ2n) is 6.94. The molecule has 172 valence electrons. The van der Waals surface area contributed by atoms with Crippen molar-refractivity contribution < 1.29 is 14.2 Å². The van der Waals surface area contributed by atoms with Gasteiger partial charge in [0.1, 0.15) is 12.4 Å². The molecule has 0 atom stereocenters. The van der Waals surface area contributed by atoms with E-state index in [1.165, 1.54) is 5.56 Å². The van der Waals surface area contributed by atoms with Gasteiger partial charge in [-0.05, 0) is 49.7 Å². The Bertz CT molecular complexity index is 998. The van der Waals surface area contributed by atoms with Crippen molar-refractivity contribution in [3.63, 3.8) is 0 Å². The Morgan fingerprint density at radius 1 is 0.844 bits per heavy atom. The molecule has 3 rings (SSSR count). The Kier molecular flexibility index (Phi) is 11.0. The van der Waals surface area contributed by atoms with Crippen LogP contribution in [-0.4, -0.2) is 20.3 Å². The highest BCUT2D eigenvalue weighted by Crippen LogP contribution is 2.33. The van der Waals surface area contributed by atoms with E-state index in [0.29, 0.717) is 29.8 Å². The van der Waals surface area contributed by atoms with Crippen LogP contribution in [0.1, 0.15) is 23.6 Å². The highest BCUT2D eigenvalue weighted by molar-refractivity contribution is 6.35. The summed E-state index contributed by atoms with van der Waals surface area (Å²) < 4.78 is 17.4. The van der Waals surface area contributed by atoms with Crippen molar-refractivity contribution in [1.82, 2.24) is 5.32 Å². The molecule has 1 N–H and O–H groups in total. The number of benzene rings is 3. The van der Waals surface area contributed by atoms with Crippen LogP contribution in [0.15, 0.2) is 60.7 Å². The van der Waals surface area contributed by atoms with Crippen molar-refractivity contribution in [2.24, 2.45) is 0 Å². The quantitative estimate of drug-likeness (QED) is 0.299. The van der Waals surface area contributed by atoms with Crippen LogP contribution in [0.5, 0.6) is 17.2 Å². The van der Waals surface area contributed by atoms with E-state index in [-0.39, 0.29) is 12.4 Å². The second kappa shape index (κ2) is 13.4. The lowest BCUT2D eigenvalue weighted by atomic mass is 10.1. The Hall–Kier alpha value is -2.11. The fourth-order valence-electron chi connectivity index (χ4n) is 3.28. The third-order valence-corrected chi connectivity index (χ3v) is 5.41. The van der Waals surface area contributed by atoms with Gasteiger partial charge in [-0.2, -0.15) is 0 Å². The number of para-hydroxylation sites is 2. The van der Waals surface area contributed by atoms with Crippen LogP contribution in [-0.2, 0) is 19.6 Å². The van der Waals surface area contributed by atoms with E-state index < -0.39 is 0 Å². The molecule has 0 aromatic heterocycles. The van der Waals surface area contributed by atoms with Crippen molar-refractivity contribution in [3.05, 3.63) is 87.4 Å². The zero-order valence-electron chi connectivity index (χ0n) is 18.2. The minimum Gasteiger partial charge on any atom is -0.496 e. The van der Waals surface area contributed by atoms with E-state index in [9.17, 15) is 0 Å².